The number of nitrogens with zero attached hydrogens (tertiary/aromatic N) is 1. The van der Waals surface area contributed by atoms with E-state index in [2.05, 4.69) is 191 Å². The van der Waals surface area contributed by atoms with Gasteiger partial charge in [-0.05, 0) is 85.6 Å². The number of nitrogens with one attached hydrogen (secondary N) is 1. The summed E-state index contributed by atoms with van der Waals surface area (Å²) in [5.74, 6) is 0. The molecule has 52 heavy (non-hydrogen) atoms. The average molecular weight is 665 g/mol. The Morgan fingerprint density at radius 3 is 2.00 bits per heavy atom. The van der Waals surface area contributed by atoms with Crippen LogP contribution in [0.1, 0.15) is 40.0 Å². The van der Waals surface area contributed by atoms with Crippen molar-refractivity contribution in [2.45, 2.75) is 17.6 Å². The summed E-state index contributed by atoms with van der Waals surface area (Å²) in [6.07, 6.45) is 0.116. The maximum Gasteiger partial charge on any atom is 0.162 e. The van der Waals surface area contributed by atoms with E-state index < -0.39 is 5.41 Å². The van der Waals surface area contributed by atoms with Crippen molar-refractivity contribution in [3.8, 4) is 22.3 Å². The van der Waals surface area contributed by atoms with Gasteiger partial charge in [-0.2, -0.15) is 0 Å². The van der Waals surface area contributed by atoms with Gasteiger partial charge in [0.25, 0.3) is 0 Å². The first-order valence-electron chi connectivity index (χ1n) is 18.3. The van der Waals surface area contributed by atoms with Crippen LogP contribution in [0.25, 0.3) is 54.8 Å². The average Bonchev–Trinajstić information content (AvgIpc) is 3.82. The van der Waals surface area contributed by atoms with E-state index in [0.29, 0.717) is 0 Å². The predicted octanol–water partition coefficient (Wildman–Crippen LogP) is 10.9. The Kier molecular flexibility index (Phi) is 5.62. The van der Waals surface area contributed by atoms with E-state index in [1.54, 1.807) is 0 Å². The second-order valence-electron chi connectivity index (χ2n) is 14.7. The fourth-order valence-electron chi connectivity index (χ4n) is 10.0. The molecule has 2 unspecified atom stereocenters. The van der Waals surface area contributed by atoms with Gasteiger partial charge < -0.3 is 15.2 Å². The van der Waals surface area contributed by atoms with Crippen molar-refractivity contribution in [3.63, 3.8) is 0 Å². The van der Waals surface area contributed by atoms with Crippen LogP contribution in [0.5, 0.6) is 0 Å². The van der Waals surface area contributed by atoms with Crippen LogP contribution >= 0.6 is 0 Å². The van der Waals surface area contributed by atoms with E-state index >= 15 is 0 Å². The molecule has 8 aromatic carbocycles. The van der Waals surface area contributed by atoms with E-state index in [9.17, 15) is 0 Å². The largest absolute Gasteiger partial charge is 0.355 e. The zero-order valence-corrected chi connectivity index (χ0v) is 28.4. The molecule has 0 saturated carbocycles. The molecule has 0 bridgehead atoms. The third kappa shape index (κ3) is 3.63. The molecular weight excluding hydrogens is 631 g/mol. The first-order valence-corrected chi connectivity index (χ1v) is 18.3. The maximum atomic E-state index is 4.01. The highest BCUT2D eigenvalue weighted by molar-refractivity contribution is 6.12. The molecule has 0 amide bonds. The first kappa shape index (κ1) is 28.3. The SMILES string of the molecule is c1ccc(C2(c3ccccc3)c3ccccc3-c3cc(-c4cc5c6c(c4)c4ccccc4n6C4Nc6cc7ccccc7cc6[NH2+]C54)ccc32)cc1. The number of rotatable bonds is 3. The summed E-state index contributed by atoms with van der Waals surface area (Å²) in [6.45, 7) is 0. The molecule has 0 saturated heterocycles. The molecule has 3 heteroatoms. The summed E-state index contributed by atoms with van der Waals surface area (Å²) in [5, 5.41) is 11.7. The number of hydrogen-bond acceptors (Lipinski definition) is 1. The van der Waals surface area contributed by atoms with Crippen LogP contribution in [0.4, 0.5) is 11.4 Å². The molecule has 0 spiro atoms. The summed E-state index contributed by atoms with van der Waals surface area (Å²) in [5.41, 5.74) is 16.5. The summed E-state index contributed by atoms with van der Waals surface area (Å²) in [6, 6.07) is 65.9. The van der Waals surface area contributed by atoms with Crippen LogP contribution in [0, 0.1) is 0 Å². The summed E-state index contributed by atoms with van der Waals surface area (Å²) in [4.78, 5) is 0. The predicted molar refractivity (Wildman–Crippen MR) is 213 cm³/mol. The quantitative estimate of drug-likeness (QED) is 0.181. The Hall–Kier alpha value is -6.42. The summed E-state index contributed by atoms with van der Waals surface area (Å²) < 4.78 is 2.57. The number of para-hydroxylation sites is 1. The highest BCUT2D eigenvalue weighted by Crippen LogP contribution is 2.57. The molecule has 3 nitrogen and oxygen atoms in total. The number of benzene rings is 8. The van der Waals surface area contributed by atoms with Gasteiger partial charge in [-0.1, -0.05) is 140 Å². The highest BCUT2D eigenvalue weighted by atomic mass is 15.3. The van der Waals surface area contributed by atoms with Crippen LogP contribution < -0.4 is 10.6 Å². The minimum absolute atomic E-state index is 0.116. The van der Waals surface area contributed by atoms with Crippen molar-refractivity contribution in [3.05, 3.63) is 204 Å². The lowest BCUT2D eigenvalue weighted by Gasteiger charge is -2.33. The van der Waals surface area contributed by atoms with Gasteiger partial charge in [0.2, 0.25) is 0 Å². The van der Waals surface area contributed by atoms with Crippen molar-refractivity contribution >= 4 is 44.0 Å². The van der Waals surface area contributed by atoms with E-state index in [1.165, 1.54) is 94.0 Å². The lowest BCUT2D eigenvalue weighted by atomic mass is 9.67. The van der Waals surface area contributed by atoms with Crippen molar-refractivity contribution in [1.29, 1.82) is 0 Å². The topological polar surface area (TPSA) is 33.6 Å². The van der Waals surface area contributed by atoms with Crippen molar-refractivity contribution in [2.24, 2.45) is 0 Å². The second kappa shape index (κ2) is 10.3. The molecule has 3 N–H and O–H groups in total. The minimum Gasteiger partial charge on any atom is -0.355 e. The van der Waals surface area contributed by atoms with Gasteiger partial charge in [-0.25, -0.2) is 0 Å². The lowest BCUT2D eigenvalue weighted by molar-refractivity contribution is -0.624. The van der Waals surface area contributed by atoms with E-state index in [-0.39, 0.29) is 12.2 Å². The van der Waals surface area contributed by atoms with E-state index in [0.717, 1.165) is 0 Å². The first-order chi connectivity index (χ1) is 25.8. The minimum atomic E-state index is -0.397. The van der Waals surface area contributed by atoms with Crippen LogP contribution in [-0.2, 0) is 5.41 Å². The Morgan fingerprint density at radius 2 is 1.19 bits per heavy atom. The molecule has 1 aromatic heterocycles. The van der Waals surface area contributed by atoms with E-state index in [4.69, 9.17) is 0 Å². The van der Waals surface area contributed by atoms with Gasteiger partial charge >= 0.3 is 0 Å². The smallest absolute Gasteiger partial charge is 0.162 e. The molecular formula is C49H34N3+. The van der Waals surface area contributed by atoms with Gasteiger partial charge in [-0.15, -0.1) is 0 Å². The lowest BCUT2D eigenvalue weighted by Crippen LogP contribution is -2.82. The molecule has 12 rings (SSSR count). The van der Waals surface area contributed by atoms with E-state index in [1.807, 2.05) is 0 Å². The molecule has 2 aliphatic heterocycles. The normalized spacial score (nSPS) is 17.5. The summed E-state index contributed by atoms with van der Waals surface area (Å²) in [7, 11) is 0. The maximum absolute atomic E-state index is 4.01. The van der Waals surface area contributed by atoms with Crippen LogP contribution in [0.3, 0.4) is 0 Å². The van der Waals surface area contributed by atoms with Crippen molar-refractivity contribution < 1.29 is 5.32 Å². The third-order valence-corrected chi connectivity index (χ3v) is 12.2. The number of fused-ring (bicyclic) bond motifs is 11. The Balaban J connectivity index is 1.08. The van der Waals surface area contributed by atoms with Crippen LogP contribution in [-0.4, -0.2) is 4.57 Å². The fraction of sp³-hybridized carbons (Fsp3) is 0.0612. The summed E-state index contributed by atoms with van der Waals surface area (Å²) >= 11 is 0. The Bertz CT molecular complexity index is 2880. The molecule has 3 heterocycles. The monoisotopic (exact) mass is 664 g/mol. The Morgan fingerprint density at radius 1 is 0.519 bits per heavy atom. The standard InChI is InChI=1S/C49H33N3/c1-3-15-34(16-4-1)49(35-17-5-2-6-18-35)41-21-11-9-19-36(41)38-25-32(23-24-42(38)49)33-26-39-37-20-10-12-22-45(37)52-47(39)40(27-33)46-48(52)51-44-29-31-14-8-7-13-30(31)28-43(44)50-46/h1-29,46,48,50-51H/p+1. The zero-order chi connectivity index (χ0) is 34.0. The number of anilines is 1. The molecule has 0 radical (unpaired) electrons. The number of nitrogens with two attached hydrogens (primary N) is 1. The zero-order valence-electron chi connectivity index (χ0n) is 28.4. The molecule has 9 aromatic rings. The molecule has 2 atom stereocenters. The van der Waals surface area contributed by atoms with Gasteiger partial charge in [0.1, 0.15) is 0 Å². The van der Waals surface area contributed by atoms with Gasteiger partial charge in [-0.3, -0.25) is 0 Å². The third-order valence-electron chi connectivity index (χ3n) is 12.2. The molecule has 3 aliphatic rings. The molecule has 1 aliphatic carbocycles. The van der Waals surface area contributed by atoms with Gasteiger partial charge in [0.15, 0.2) is 17.9 Å². The number of hydrogen-bond donors (Lipinski definition) is 2. The van der Waals surface area contributed by atoms with Gasteiger partial charge in [0, 0.05) is 22.4 Å². The number of quaternary nitrogens is 1. The Labute approximate surface area is 301 Å². The van der Waals surface area contributed by atoms with Gasteiger partial charge in [0.05, 0.1) is 22.1 Å². The van der Waals surface area contributed by atoms with Crippen molar-refractivity contribution in [2.75, 3.05) is 5.32 Å². The second-order valence-corrected chi connectivity index (χ2v) is 14.7. The fourth-order valence-corrected chi connectivity index (χ4v) is 10.0. The molecule has 244 valence electrons. The number of aromatic nitrogens is 1. The van der Waals surface area contributed by atoms with Crippen LogP contribution in [0.2, 0.25) is 0 Å². The van der Waals surface area contributed by atoms with Crippen molar-refractivity contribution in [1.82, 2.24) is 4.57 Å². The van der Waals surface area contributed by atoms with Crippen LogP contribution in [0.15, 0.2) is 176 Å². The molecule has 0 fully saturated rings. The highest BCUT2D eigenvalue weighted by Gasteiger charge is 2.46.